The lowest BCUT2D eigenvalue weighted by Crippen LogP contribution is -2.44. The first-order valence-electron chi connectivity index (χ1n) is 5.77. The molecule has 0 spiro atoms. The van der Waals surface area contributed by atoms with Crippen LogP contribution in [0.3, 0.4) is 0 Å². The molecule has 1 aromatic rings. The van der Waals surface area contributed by atoms with Gasteiger partial charge in [0, 0.05) is 18.0 Å². The van der Waals surface area contributed by atoms with Crippen LogP contribution in [-0.4, -0.2) is 43.6 Å². The minimum absolute atomic E-state index is 0.0769. The molecule has 0 amide bonds. The van der Waals surface area contributed by atoms with E-state index in [2.05, 4.69) is 0 Å². The molecule has 0 radical (unpaired) electrons. The van der Waals surface area contributed by atoms with Gasteiger partial charge in [-0.15, -0.1) is 11.3 Å². The van der Waals surface area contributed by atoms with Crippen LogP contribution in [0.4, 0.5) is 0 Å². The third-order valence-corrected chi connectivity index (χ3v) is 6.48. The molecule has 1 aliphatic heterocycles. The molecule has 18 heavy (non-hydrogen) atoms. The highest BCUT2D eigenvalue weighted by atomic mass is 32.2. The van der Waals surface area contributed by atoms with Crippen LogP contribution < -0.4 is 0 Å². The van der Waals surface area contributed by atoms with Crippen LogP contribution in [0.5, 0.6) is 0 Å². The normalized spacial score (nSPS) is 22.3. The van der Waals surface area contributed by atoms with Crippen LogP contribution >= 0.6 is 11.3 Å². The van der Waals surface area contributed by atoms with Gasteiger partial charge in [0.05, 0.1) is 19.3 Å². The van der Waals surface area contributed by atoms with E-state index in [-0.39, 0.29) is 12.7 Å². The molecule has 0 saturated carbocycles. The van der Waals surface area contributed by atoms with Crippen molar-refractivity contribution in [1.29, 1.82) is 0 Å². The molecule has 2 heterocycles. The Morgan fingerprint density at radius 1 is 1.61 bits per heavy atom. The predicted octanol–water partition coefficient (Wildman–Crippen LogP) is 0.958. The zero-order valence-corrected chi connectivity index (χ0v) is 12.1. The van der Waals surface area contributed by atoms with E-state index in [9.17, 15) is 8.42 Å². The van der Waals surface area contributed by atoms with Crippen molar-refractivity contribution in [2.75, 3.05) is 19.7 Å². The van der Waals surface area contributed by atoms with Gasteiger partial charge in [0.2, 0.25) is 0 Å². The summed E-state index contributed by atoms with van der Waals surface area (Å²) in [4.78, 5) is 0.704. The van der Waals surface area contributed by atoms with Gasteiger partial charge in [0.1, 0.15) is 4.21 Å². The van der Waals surface area contributed by atoms with Crippen molar-refractivity contribution in [3.8, 4) is 0 Å². The summed E-state index contributed by atoms with van der Waals surface area (Å²) in [5.74, 6) is 0. The van der Waals surface area contributed by atoms with Gasteiger partial charge in [0.15, 0.2) is 0 Å². The fraction of sp³-hybridized carbons (Fsp3) is 0.636. The van der Waals surface area contributed by atoms with Crippen molar-refractivity contribution in [3.63, 3.8) is 0 Å². The number of hydrogen-bond donors (Lipinski definition) is 1. The van der Waals surface area contributed by atoms with Crippen LogP contribution in [0.25, 0.3) is 0 Å². The highest BCUT2D eigenvalue weighted by molar-refractivity contribution is 7.91. The molecular weight excluding hydrogens is 274 g/mol. The standard InChI is InChI=1S/C11H17NO4S2/c1-8-5-11(17-10(8)7-13)18(14,15)12-3-4-16-9(2)6-12/h5,9,13H,3-4,6-7H2,1-2H3. The summed E-state index contributed by atoms with van der Waals surface area (Å²) in [6.07, 6.45) is -0.0769. The summed E-state index contributed by atoms with van der Waals surface area (Å²) in [6, 6.07) is 1.63. The molecule has 1 saturated heterocycles. The Morgan fingerprint density at radius 2 is 2.33 bits per heavy atom. The Balaban J connectivity index is 2.29. The lowest BCUT2D eigenvalue weighted by Gasteiger charge is -2.29. The number of hydrogen-bond acceptors (Lipinski definition) is 5. The lowest BCUT2D eigenvalue weighted by molar-refractivity contribution is 0.0102. The number of aryl methyl sites for hydroxylation is 1. The summed E-state index contributed by atoms with van der Waals surface area (Å²) in [6.45, 7) is 4.75. The van der Waals surface area contributed by atoms with E-state index in [0.717, 1.165) is 16.9 Å². The number of aliphatic hydroxyl groups excluding tert-OH is 1. The Bertz CT molecular complexity index is 523. The second-order valence-electron chi connectivity index (χ2n) is 4.37. The van der Waals surface area contributed by atoms with E-state index in [4.69, 9.17) is 9.84 Å². The van der Waals surface area contributed by atoms with E-state index in [1.54, 1.807) is 6.07 Å². The molecule has 2 rings (SSSR count). The quantitative estimate of drug-likeness (QED) is 0.900. The minimum Gasteiger partial charge on any atom is -0.391 e. The molecular formula is C11H17NO4S2. The van der Waals surface area contributed by atoms with Crippen LogP contribution in [-0.2, 0) is 21.4 Å². The Hall–Kier alpha value is -0.470. The molecule has 0 aromatic carbocycles. The fourth-order valence-corrected chi connectivity index (χ4v) is 5.01. The summed E-state index contributed by atoms with van der Waals surface area (Å²) in [5.41, 5.74) is 0.822. The number of aliphatic hydroxyl groups is 1. The van der Waals surface area contributed by atoms with E-state index in [0.29, 0.717) is 28.8 Å². The molecule has 1 fully saturated rings. The third kappa shape index (κ3) is 2.60. The van der Waals surface area contributed by atoms with Crippen molar-refractivity contribution in [1.82, 2.24) is 4.31 Å². The minimum atomic E-state index is -3.45. The summed E-state index contributed by atoms with van der Waals surface area (Å²) < 4.78 is 31.9. The molecule has 0 aliphatic carbocycles. The second-order valence-corrected chi connectivity index (χ2v) is 7.68. The van der Waals surface area contributed by atoms with Crippen LogP contribution in [0.15, 0.2) is 10.3 Å². The number of nitrogens with zero attached hydrogens (tertiary/aromatic N) is 1. The van der Waals surface area contributed by atoms with Crippen molar-refractivity contribution < 1.29 is 18.3 Å². The van der Waals surface area contributed by atoms with Crippen LogP contribution in [0.2, 0.25) is 0 Å². The predicted molar refractivity (Wildman–Crippen MR) is 69.2 cm³/mol. The maximum atomic E-state index is 12.4. The molecule has 7 heteroatoms. The number of sulfonamides is 1. The average Bonchev–Trinajstić information content (AvgIpc) is 2.71. The van der Waals surface area contributed by atoms with Crippen molar-refractivity contribution in [2.24, 2.45) is 0 Å². The Labute approximate surface area is 111 Å². The van der Waals surface area contributed by atoms with Crippen molar-refractivity contribution >= 4 is 21.4 Å². The second kappa shape index (κ2) is 5.26. The zero-order valence-electron chi connectivity index (χ0n) is 10.4. The molecule has 1 N–H and O–H groups in total. The van der Waals surface area contributed by atoms with Crippen LogP contribution in [0.1, 0.15) is 17.4 Å². The van der Waals surface area contributed by atoms with E-state index in [1.807, 2.05) is 13.8 Å². The Morgan fingerprint density at radius 3 is 2.89 bits per heavy atom. The van der Waals surface area contributed by atoms with Gasteiger partial charge in [-0.25, -0.2) is 8.42 Å². The lowest BCUT2D eigenvalue weighted by atomic mass is 10.3. The van der Waals surface area contributed by atoms with Crippen molar-refractivity contribution in [3.05, 3.63) is 16.5 Å². The summed E-state index contributed by atoms with van der Waals surface area (Å²) in [5, 5.41) is 9.13. The highest BCUT2D eigenvalue weighted by Gasteiger charge is 2.30. The summed E-state index contributed by atoms with van der Waals surface area (Å²) in [7, 11) is -3.45. The third-order valence-electron chi connectivity index (χ3n) is 2.94. The van der Waals surface area contributed by atoms with Gasteiger partial charge in [-0.05, 0) is 25.5 Å². The number of rotatable bonds is 3. The molecule has 1 unspecified atom stereocenters. The molecule has 0 bridgehead atoms. The smallest absolute Gasteiger partial charge is 0.252 e. The molecule has 1 aromatic heterocycles. The van der Waals surface area contributed by atoms with Gasteiger partial charge >= 0.3 is 0 Å². The molecule has 5 nitrogen and oxygen atoms in total. The SMILES string of the molecule is Cc1cc(S(=O)(=O)N2CCOC(C)C2)sc1CO. The largest absolute Gasteiger partial charge is 0.391 e. The monoisotopic (exact) mass is 291 g/mol. The first-order chi connectivity index (χ1) is 8.45. The summed E-state index contributed by atoms with van der Waals surface area (Å²) >= 11 is 1.14. The zero-order chi connectivity index (χ0) is 13.3. The van der Waals surface area contributed by atoms with Crippen LogP contribution in [0, 0.1) is 6.92 Å². The highest BCUT2D eigenvalue weighted by Crippen LogP contribution is 2.29. The molecule has 102 valence electrons. The van der Waals surface area contributed by atoms with Gasteiger partial charge in [-0.1, -0.05) is 0 Å². The number of ether oxygens (including phenoxy) is 1. The van der Waals surface area contributed by atoms with E-state index in [1.165, 1.54) is 4.31 Å². The first kappa shape index (κ1) is 14.0. The molecule has 1 atom stereocenters. The van der Waals surface area contributed by atoms with E-state index >= 15 is 0 Å². The molecule has 1 aliphatic rings. The van der Waals surface area contributed by atoms with Gasteiger partial charge in [-0.2, -0.15) is 4.31 Å². The topological polar surface area (TPSA) is 66.8 Å². The maximum absolute atomic E-state index is 12.4. The van der Waals surface area contributed by atoms with Crippen molar-refractivity contribution in [2.45, 2.75) is 30.8 Å². The maximum Gasteiger partial charge on any atom is 0.252 e. The number of morpholine rings is 1. The first-order valence-corrected chi connectivity index (χ1v) is 8.02. The van der Waals surface area contributed by atoms with Gasteiger partial charge in [0.25, 0.3) is 10.0 Å². The Kier molecular flexibility index (Phi) is 4.08. The average molecular weight is 291 g/mol. The van der Waals surface area contributed by atoms with E-state index < -0.39 is 10.0 Å². The fourth-order valence-electron chi connectivity index (χ4n) is 1.90. The van der Waals surface area contributed by atoms with Gasteiger partial charge < -0.3 is 9.84 Å². The van der Waals surface area contributed by atoms with Gasteiger partial charge in [-0.3, -0.25) is 0 Å². The number of thiophene rings is 1.